The summed E-state index contributed by atoms with van der Waals surface area (Å²) in [7, 11) is 2.19. The number of rotatable bonds is 8. The highest BCUT2D eigenvalue weighted by Crippen LogP contribution is 2.34. The van der Waals surface area contributed by atoms with E-state index in [0.717, 1.165) is 30.9 Å². The largest absolute Gasteiger partial charge is 0.377 e. The molecule has 1 saturated carbocycles. The van der Waals surface area contributed by atoms with Crippen molar-refractivity contribution in [3.63, 3.8) is 0 Å². The van der Waals surface area contributed by atoms with Crippen LogP contribution in [0.3, 0.4) is 0 Å². The molecule has 0 aromatic heterocycles. The van der Waals surface area contributed by atoms with E-state index in [0.29, 0.717) is 6.10 Å². The molecule has 0 spiro atoms. The van der Waals surface area contributed by atoms with Gasteiger partial charge in [0.2, 0.25) is 0 Å². The van der Waals surface area contributed by atoms with Gasteiger partial charge in [0.15, 0.2) is 0 Å². The molecule has 0 aromatic carbocycles. The molecule has 0 amide bonds. The number of hydrogen-bond acceptors (Lipinski definition) is 2. The highest BCUT2D eigenvalue weighted by Gasteiger charge is 2.29. The first-order valence-electron chi connectivity index (χ1n) is 7.27. The number of ether oxygens (including phenoxy) is 1. The van der Waals surface area contributed by atoms with E-state index in [-0.39, 0.29) is 0 Å². The van der Waals surface area contributed by atoms with Crippen LogP contribution in [0.5, 0.6) is 0 Å². The van der Waals surface area contributed by atoms with E-state index < -0.39 is 0 Å². The molecule has 0 unspecified atom stereocenters. The molecule has 17 heavy (non-hydrogen) atoms. The summed E-state index contributed by atoms with van der Waals surface area (Å²) >= 11 is 0. The summed E-state index contributed by atoms with van der Waals surface area (Å²) in [6, 6.07) is 0. The molecule has 1 fully saturated rings. The second kappa shape index (κ2) is 7.38. The zero-order valence-electron chi connectivity index (χ0n) is 12.4. The summed E-state index contributed by atoms with van der Waals surface area (Å²) in [6.45, 7) is 12.3. The Morgan fingerprint density at radius 3 is 2.29 bits per heavy atom. The molecule has 0 N–H and O–H groups in total. The lowest BCUT2D eigenvalue weighted by atomic mass is 9.77. The Morgan fingerprint density at radius 2 is 1.76 bits per heavy atom. The molecular formula is C15H31NO. The standard InChI is InChI=1S/C15H31NO/c1-12(2)8-14-9-15(10-14)17-7-6-16(5)11-13(3)4/h12-15H,6-11H2,1-5H3/t14-,15-. The minimum atomic E-state index is 0.561. The number of hydrogen-bond donors (Lipinski definition) is 0. The lowest BCUT2D eigenvalue weighted by Gasteiger charge is -2.36. The van der Waals surface area contributed by atoms with Gasteiger partial charge in [-0.25, -0.2) is 0 Å². The highest BCUT2D eigenvalue weighted by molar-refractivity contribution is 4.80. The molecule has 102 valence electrons. The van der Waals surface area contributed by atoms with Gasteiger partial charge in [0, 0.05) is 13.1 Å². The van der Waals surface area contributed by atoms with E-state index >= 15 is 0 Å². The lowest BCUT2D eigenvalue weighted by Crippen LogP contribution is -2.35. The Morgan fingerprint density at radius 1 is 1.12 bits per heavy atom. The van der Waals surface area contributed by atoms with E-state index in [9.17, 15) is 0 Å². The molecule has 0 heterocycles. The van der Waals surface area contributed by atoms with Gasteiger partial charge in [-0.3, -0.25) is 0 Å². The van der Waals surface area contributed by atoms with Crippen LogP contribution in [-0.2, 0) is 4.74 Å². The van der Waals surface area contributed by atoms with E-state index in [4.69, 9.17) is 4.74 Å². The first kappa shape index (κ1) is 15.0. The fourth-order valence-corrected chi connectivity index (χ4v) is 2.76. The van der Waals surface area contributed by atoms with Crippen molar-refractivity contribution in [2.75, 3.05) is 26.7 Å². The van der Waals surface area contributed by atoms with Crippen LogP contribution in [0.4, 0.5) is 0 Å². The Bertz CT molecular complexity index is 197. The Kier molecular flexibility index (Phi) is 6.50. The normalized spacial score (nSPS) is 24.7. The maximum absolute atomic E-state index is 5.90. The third kappa shape index (κ3) is 6.42. The van der Waals surface area contributed by atoms with Crippen molar-refractivity contribution in [3.05, 3.63) is 0 Å². The monoisotopic (exact) mass is 241 g/mol. The van der Waals surface area contributed by atoms with E-state index in [1.165, 1.54) is 25.8 Å². The van der Waals surface area contributed by atoms with E-state index in [1.54, 1.807) is 0 Å². The molecule has 0 aliphatic heterocycles. The van der Waals surface area contributed by atoms with Crippen LogP contribution in [0.25, 0.3) is 0 Å². The van der Waals surface area contributed by atoms with Crippen LogP contribution in [-0.4, -0.2) is 37.7 Å². The van der Waals surface area contributed by atoms with Crippen molar-refractivity contribution in [3.8, 4) is 0 Å². The van der Waals surface area contributed by atoms with Crippen LogP contribution in [0.2, 0.25) is 0 Å². The van der Waals surface area contributed by atoms with Gasteiger partial charge in [-0.1, -0.05) is 27.7 Å². The van der Waals surface area contributed by atoms with Crippen molar-refractivity contribution in [1.82, 2.24) is 4.90 Å². The van der Waals surface area contributed by atoms with Gasteiger partial charge in [0.25, 0.3) is 0 Å². The zero-order valence-corrected chi connectivity index (χ0v) is 12.4. The Balaban J connectivity index is 1.95. The molecular weight excluding hydrogens is 210 g/mol. The van der Waals surface area contributed by atoms with Gasteiger partial charge >= 0.3 is 0 Å². The maximum Gasteiger partial charge on any atom is 0.0597 e. The molecule has 0 bridgehead atoms. The molecule has 0 radical (unpaired) electrons. The SMILES string of the molecule is CC(C)CN(C)CCO[C@H]1C[C@H](CC(C)C)C1. The molecule has 1 rings (SSSR count). The molecule has 2 nitrogen and oxygen atoms in total. The first-order valence-corrected chi connectivity index (χ1v) is 7.27. The molecule has 0 saturated heterocycles. The van der Waals surface area contributed by atoms with Crippen LogP contribution in [0.15, 0.2) is 0 Å². The fraction of sp³-hybridized carbons (Fsp3) is 1.00. The number of likely N-dealkylation sites (N-methyl/N-ethyl adjacent to an activating group) is 1. The van der Waals surface area contributed by atoms with Crippen molar-refractivity contribution in [2.24, 2.45) is 17.8 Å². The average Bonchev–Trinajstić information content (AvgIpc) is 2.11. The molecule has 1 aliphatic rings. The maximum atomic E-state index is 5.90. The Hall–Kier alpha value is -0.0800. The van der Waals surface area contributed by atoms with Gasteiger partial charge in [-0.05, 0) is 44.1 Å². The summed E-state index contributed by atoms with van der Waals surface area (Å²) in [5.74, 6) is 2.53. The second-order valence-corrected chi connectivity index (χ2v) is 6.62. The van der Waals surface area contributed by atoms with Gasteiger partial charge < -0.3 is 9.64 Å². The molecule has 2 heteroatoms. The third-order valence-electron chi connectivity index (χ3n) is 3.50. The smallest absolute Gasteiger partial charge is 0.0597 e. The third-order valence-corrected chi connectivity index (χ3v) is 3.50. The minimum absolute atomic E-state index is 0.561. The van der Waals surface area contributed by atoms with Crippen molar-refractivity contribution in [1.29, 1.82) is 0 Å². The van der Waals surface area contributed by atoms with Crippen molar-refractivity contribution in [2.45, 2.75) is 53.1 Å². The van der Waals surface area contributed by atoms with Crippen LogP contribution in [0.1, 0.15) is 47.0 Å². The quantitative estimate of drug-likeness (QED) is 0.645. The summed E-state index contributed by atoms with van der Waals surface area (Å²) in [5, 5.41) is 0. The van der Waals surface area contributed by atoms with Crippen LogP contribution < -0.4 is 0 Å². The minimum Gasteiger partial charge on any atom is -0.377 e. The predicted molar refractivity (Wildman–Crippen MR) is 74.3 cm³/mol. The van der Waals surface area contributed by atoms with E-state index in [1.807, 2.05) is 0 Å². The van der Waals surface area contributed by atoms with Crippen molar-refractivity contribution >= 4 is 0 Å². The van der Waals surface area contributed by atoms with E-state index in [2.05, 4.69) is 39.6 Å². The van der Waals surface area contributed by atoms with Crippen molar-refractivity contribution < 1.29 is 4.74 Å². The van der Waals surface area contributed by atoms with Crippen LogP contribution in [0, 0.1) is 17.8 Å². The predicted octanol–water partition coefficient (Wildman–Crippen LogP) is 3.42. The topological polar surface area (TPSA) is 12.5 Å². The average molecular weight is 241 g/mol. The van der Waals surface area contributed by atoms with Gasteiger partial charge in [-0.15, -0.1) is 0 Å². The van der Waals surface area contributed by atoms with Gasteiger partial charge in [-0.2, -0.15) is 0 Å². The second-order valence-electron chi connectivity index (χ2n) is 6.62. The summed E-state index contributed by atoms with van der Waals surface area (Å²) in [6.07, 6.45) is 4.54. The molecule has 0 aromatic rings. The fourth-order valence-electron chi connectivity index (χ4n) is 2.76. The summed E-state index contributed by atoms with van der Waals surface area (Å²) < 4.78 is 5.90. The lowest BCUT2D eigenvalue weighted by molar-refractivity contribution is -0.0407. The molecule has 1 aliphatic carbocycles. The Labute approximate surface area is 108 Å². The summed E-state index contributed by atoms with van der Waals surface area (Å²) in [5.41, 5.74) is 0. The zero-order chi connectivity index (χ0) is 12.8. The highest BCUT2D eigenvalue weighted by atomic mass is 16.5. The summed E-state index contributed by atoms with van der Waals surface area (Å²) in [4.78, 5) is 2.37. The first-order chi connectivity index (χ1) is 7.97. The van der Waals surface area contributed by atoms with Gasteiger partial charge in [0.1, 0.15) is 0 Å². The van der Waals surface area contributed by atoms with Crippen LogP contribution >= 0.6 is 0 Å². The van der Waals surface area contributed by atoms with Gasteiger partial charge in [0.05, 0.1) is 12.7 Å². The molecule has 0 atom stereocenters. The number of nitrogens with zero attached hydrogens (tertiary/aromatic N) is 1.